The first-order valence-electron chi connectivity index (χ1n) is 14.9. The van der Waals surface area contributed by atoms with Gasteiger partial charge in [-0.25, -0.2) is 0 Å². The second-order valence-electron chi connectivity index (χ2n) is 14.0. The molecule has 0 radical (unpaired) electrons. The molecule has 1 unspecified atom stereocenters. The van der Waals surface area contributed by atoms with Crippen molar-refractivity contribution in [2.45, 2.75) is 163 Å². The molecule has 0 saturated carbocycles. The largest absolute Gasteiger partial charge is 0.0628 e. The highest BCUT2D eigenvalue weighted by Crippen LogP contribution is 2.18. The Kier molecular flexibility index (Phi) is 32.4. The van der Waals surface area contributed by atoms with Crippen LogP contribution in [-0.4, -0.2) is 0 Å². The van der Waals surface area contributed by atoms with Crippen LogP contribution in [0.1, 0.15) is 163 Å². The van der Waals surface area contributed by atoms with Gasteiger partial charge in [0.15, 0.2) is 0 Å². The molecular formula is C33H74. The quantitative estimate of drug-likeness (QED) is 0.266. The van der Waals surface area contributed by atoms with E-state index in [2.05, 4.69) is 118 Å². The summed E-state index contributed by atoms with van der Waals surface area (Å²) in [6.07, 6.45) is 9.72. The maximum absolute atomic E-state index is 2.34. The lowest BCUT2D eigenvalue weighted by Gasteiger charge is -2.16. The van der Waals surface area contributed by atoms with E-state index in [1.807, 2.05) is 0 Å². The third-order valence-corrected chi connectivity index (χ3v) is 5.81. The fourth-order valence-corrected chi connectivity index (χ4v) is 3.56. The normalized spacial score (nSPS) is 12.3. The minimum absolute atomic E-state index is 0.854. The SMILES string of the molecule is CC(C)CC(C)C.CC(C)CC(C)C(C)C.CC(C)CCC(C)C.CC(C)CCCC(C)C. The summed E-state index contributed by atoms with van der Waals surface area (Å²) in [5, 5.41) is 0. The lowest BCUT2D eigenvalue weighted by Crippen LogP contribution is -2.06. The Balaban J connectivity index is -0.000000171. The third-order valence-electron chi connectivity index (χ3n) is 5.81. The van der Waals surface area contributed by atoms with E-state index in [0.717, 1.165) is 53.3 Å². The van der Waals surface area contributed by atoms with Crippen LogP contribution in [0, 0.1) is 53.3 Å². The van der Waals surface area contributed by atoms with Crippen LogP contribution in [0.15, 0.2) is 0 Å². The molecule has 0 aromatic rings. The Hall–Kier alpha value is 0. The third kappa shape index (κ3) is 54.4. The molecule has 0 heterocycles. The van der Waals surface area contributed by atoms with Crippen molar-refractivity contribution in [1.29, 1.82) is 0 Å². The minimum atomic E-state index is 0.854. The molecule has 0 N–H and O–H groups in total. The van der Waals surface area contributed by atoms with Crippen molar-refractivity contribution >= 4 is 0 Å². The Morgan fingerprint density at radius 3 is 0.697 bits per heavy atom. The van der Waals surface area contributed by atoms with Crippen LogP contribution < -0.4 is 0 Å². The van der Waals surface area contributed by atoms with E-state index in [9.17, 15) is 0 Å². The van der Waals surface area contributed by atoms with Crippen LogP contribution in [0.5, 0.6) is 0 Å². The van der Waals surface area contributed by atoms with Crippen molar-refractivity contribution in [2.75, 3.05) is 0 Å². The zero-order chi connectivity index (χ0) is 27.1. The zero-order valence-electron chi connectivity index (χ0n) is 27.1. The van der Waals surface area contributed by atoms with E-state index in [1.54, 1.807) is 0 Å². The standard InChI is InChI=1S/2C9H20.C8H18.C7H16/c1-7(2)6-9(5)8(3)4;1-8(2)6-5-7-9(3)4;1-7(2)5-6-8(3)4;1-6(2)5-7(3)4/h7-9H,6H2,1-5H3;8-9H,5-7H2,1-4H3;7-8H,5-6H2,1-4H3;6-7H,5H2,1-4H3. The lowest BCUT2D eigenvalue weighted by molar-refractivity contribution is 0.344. The summed E-state index contributed by atoms with van der Waals surface area (Å²) in [4.78, 5) is 0. The predicted octanol–water partition coefficient (Wildman–Crippen LogP) is 12.6. The molecule has 0 saturated heterocycles. The van der Waals surface area contributed by atoms with Gasteiger partial charge in [0, 0.05) is 0 Å². The lowest BCUT2D eigenvalue weighted by atomic mass is 9.90. The van der Waals surface area contributed by atoms with Crippen LogP contribution in [0.25, 0.3) is 0 Å². The molecule has 0 amide bonds. The molecule has 0 aromatic heterocycles. The van der Waals surface area contributed by atoms with Crippen molar-refractivity contribution in [3.05, 3.63) is 0 Å². The number of rotatable bonds is 12. The van der Waals surface area contributed by atoms with Crippen molar-refractivity contribution in [3.63, 3.8) is 0 Å². The molecule has 0 heteroatoms. The van der Waals surface area contributed by atoms with E-state index in [4.69, 9.17) is 0 Å². The molecule has 0 aliphatic heterocycles. The van der Waals surface area contributed by atoms with Crippen molar-refractivity contribution in [2.24, 2.45) is 53.3 Å². The highest BCUT2D eigenvalue weighted by Gasteiger charge is 2.07. The number of hydrogen-bond acceptors (Lipinski definition) is 0. The molecule has 206 valence electrons. The Morgan fingerprint density at radius 1 is 0.303 bits per heavy atom. The van der Waals surface area contributed by atoms with Crippen LogP contribution in [-0.2, 0) is 0 Å². The highest BCUT2D eigenvalue weighted by molar-refractivity contribution is 4.58. The molecule has 0 spiro atoms. The van der Waals surface area contributed by atoms with Gasteiger partial charge < -0.3 is 0 Å². The van der Waals surface area contributed by atoms with Gasteiger partial charge in [0.2, 0.25) is 0 Å². The van der Waals surface area contributed by atoms with E-state index >= 15 is 0 Å². The van der Waals surface area contributed by atoms with Gasteiger partial charge in [-0.1, -0.05) is 150 Å². The Labute approximate surface area is 215 Å². The Bertz CT molecular complexity index is 308. The van der Waals surface area contributed by atoms with Crippen LogP contribution in [0.2, 0.25) is 0 Å². The monoisotopic (exact) mass is 471 g/mol. The van der Waals surface area contributed by atoms with Gasteiger partial charge in [-0.2, -0.15) is 0 Å². The van der Waals surface area contributed by atoms with E-state index < -0.39 is 0 Å². The highest BCUT2D eigenvalue weighted by atomic mass is 14.1. The summed E-state index contributed by atoms with van der Waals surface area (Å²) in [7, 11) is 0. The molecule has 0 aliphatic carbocycles. The molecule has 33 heavy (non-hydrogen) atoms. The van der Waals surface area contributed by atoms with Crippen molar-refractivity contribution < 1.29 is 0 Å². The van der Waals surface area contributed by atoms with E-state index in [0.29, 0.717) is 0 Å². The first-order chi connectivity index (χ1) is 14.9. The van der Waals surface area contributed by atoms with Crippen molar-refractivity contribution in [1.82, 2.24) is 0 Å². The summed E-state index contributed by atoms with van der Waals surface area (Å²) in [5.74, 6) is 7.92. The summed E-state index contributed by atoms with van der Waals surface area (Å²) in [5.41, 5.74) is 0. The summed E-state index contributed by atoms with van der Waals surface area (Å²) in [6, 6.07) is 0. The molecule has 1 atom stereocenters. The van der Waals surface area contributed by atoms with Gasteiger partial charge in [-0.3, -0.25) is 0 Å². The molecule has 0 nitrogen and oxygen atoms in total. The molecule has 0 rings (SSSR count). The maximum atomic E-state index is 2.34. The molecular weight excluding hydrogens is 396 g/mol. The summed E-state index contributed by atoms with van der Waals surface area (Å²) < 4.78 is 0. The summed E-state index contributed by atoms with van der Waals surface area (Å²) >= 11 is 0. The zero-order valence-corrected chi connectivity index (χ0v) is 27.1. The summed E-state index contributed by atoms with van der Waals surface area (Å²) in [6.45, 7) is 38.9. The maximum Gasteiger partial charge on any atom is -0.0417 e. The Morgan fingerprint density at radius 2 is 0.576 bits per heavy atom. The van der Waals surface area contributed by atoms with Gasteiger partial charge in [-0.05, 0) is 66.1 Å². The van der Waals surface area contributed by atoms with Crippen LogP contribution >= 0.6 is 0 Å². The second-order valence-corrected chi connectivity index (χ2v) is 14.0. The smallest absolute Gasteiger partial charge is 0.0417 e. The van der Waals surface area contributed by atoms with Crippen molar-refractivity contribution in [3.8, 4) is 0 Å². The van der Waals surface area contributed by atoms with E-state index in [-0.39, 0.29) is 0 Å². The van der Waals surface area contributed by atoms with Gasteiger partial charge in [0.05, 0.1) is 0 Å². The fraction of sp³-hybridized carbons (Fsp3) is 1.00. The molecule has 0 aromatic carbocycles. The first kappa shape index (κ1) is 40.2. The van der Waals surface area contributed by atoms with Gasteiger partial charge in [0.25, 0.3) is 0 Å². The first-order valence-corrected chi connectivity index (χ1v) is 14.9. The van der Waals surface area contributed by atoms with Gasteiger partial charge in [0.1, 0.15) is 0 Å². The fourth-order valence-electron chi connectivity index (χ4n) is 3.56. The molecule has 0 bridgehead atoms. The molecule has 0 aliphatic rings. The van der Waals surface area contributed by atoms with Gasteiger partial charge >= 0.3 is 0 Å². The van der Waals surface area contributed by atoms with Crippen LogP contribution in [0.4, 0.5) is 0 Å². The topological polar surface area (TPSA) is 0 Å². The van der Waals surface area contributed by atoms with Gasteiger partial charge in [-0.15, -0.1) is 0 Å². The van der Waals surface area contributed by atoms with E-state index in [1.165, 1.54) is 44.9 Å². The average Bonchev–Trinajstić information content (AvgIpc) is 2.59. The van der Waals surface area contributed by atoms with Crippen LogP contribution in [0.3, 0.4) is 0 Å². The minimum Gasteiger partial charge on any atom is -0.0628 e. The molecule has 0 fully saturated rings. The second kappa shape index (κ2) is 26.6. The average molecular weight is 471 g/mol. The number of hydrogen-bond donors (Lipinski definition) is 0. The predicted molar refractivity (Wildman–Crippen MR) is 160 cm³/mol.